The van der Waals surface area contributed by atoms with Crippen molar-refractivity contribution >= 4 is 37.8 Å². The molecule has 3 nitrogen and oxygen atoms in total. The van der Waals surface area contributed by atoms with Crippen LogP contribution in [0.15, 0.2) is 42.0 Å². The topological polar surface area (TPSA) is 46.5 Å². The lowest BCUT2D eigenvalue weighted by atomic mass is 9.62. The second-order valence-corrected chi connectivity index (χ2v) is 13.2. The summed E-state index contributed by atoms with van der Waals surface area (Å²) in [5, 5.41) is 10.7. The summed E-state index contributed by atoms with van der Waals surface area (Å²) in [6.07, 6.45) is 7.48. The van der Waals surface area contributed by atoms with Crippen molar-refractivity contribution in [3.8, 4) is 5.75 Å². The number of esters is 1. The van der Waals surface area contributed by atoms with Crippen LogP contribution in [0, 0.1) is 16.7 Å². The molecule has 2 aliphatic rings. The molecule has 0 amide bonds. The summed E-state index contributed by atoms with van der Waals surface area (Å²) in [5.41, 5.74) is 3.57. The first-order valence-corrected chi connectivity index (χ1v) is 13.8. The van der Waals surface area contributed by atoms with Gasteiger partial charge in [0.25, 0.3) is 0 Å². The van der Waals surface area contributed by atoms with E-state index in [1.165, 1.54) is 5.57 Å². The van der Waals surface area contributed by atoms with Crippen LogP contribution in [0.4, 0.5) is 0 Å². The fraction of sp³-hybridized carbons (Fsp3) is 0.607. The van der Waals surface area contributed by atoms with Gasteiger partial charge in [0.1, 0.15) is 11.9 Å². The third-order valence-electron chi connectivity index (χ3n) is 8.08. The van der Waals surface area contributed by atoms with Gasteiger partial charge in [-0.25, -0.2) is 4.79 Å². The number of ether oxygens (including phenoxy) is 1. The number of rotatable bonds is 1. The van der Waals surface area contributed by atoms with E-state index in [4.69, 9.17) is 4.74 Å². The Labute approximate surface area is 216 Å². The number of aromatic hydroxyl groups is 1. The van der Waals surface area contributed by atoms with E-state index in [9.17, 15) is 9.90 Å². The Kier molecular flexibility index (Phi) is 8.26. The van der Waals surface area contributed by atoms with Gasteiger partial charge in [0.2, 0.25) is 0 Å². The van der Waals surface area contributed by atoms with Crippen molar-refractivity contribution in [3.05, 3.63) is 53.1 Å². The van der Waals surface area contributed by atoms with E-state index in [1.54, 1.807) is 12.1 Å². The van der Waals surface area contributed by atoms with Crippen molar-refractivity contribution < 1.29 is 14.6 Å². The molecular formula is C28H38Br2O3. The van der Waals surface area contributed by atoms with Gasteiger partial charge in [-0.2, -0.15) is 0 Å². The van der Waals surface area contributed by atoms with Crippen LogP contribution < -0.4 is 0 Å². The molecule has 3 rings (SSSR count). The highest BCUT2D eigenvalue weighted by molar-refractivity contribution is 9.09. The highest BCUT2D eigenvalue weighted by atomic mass is 79.9. The van der Waals surface area contributed by atoms with Gasteiger partial charge < -0.3 is 9.84 Å². The molecule has 1 aliphatic heterocycles. The number of fused-ring (bicyclic) bond motifs is 3. The monoisotopic (exact) mass is 580 g/mol. The van der Waals surface area contributed by atoms with Gasteiger partial charge in [0.05, 0.1) is 5.56 Å². The Morgan fingerprint density at radius 3 is 2.52 bits per heavy atom. The van der Waals surface area contributed by atoms with Gasteiger partial charge in [-0.15, -0.1) is 0 Å². The molecule has 1 aromatic rings. The summed E-state index contributed by atoms with van der Waals surface area (Å²) >= 11 is 8.03. The Morgan fingerprint density at radius 2 is 1.85 bits per heavy atom. The van der Waals surface area contributed by atoms with Crippen LogP contribution in [0.1, 0.15) is 82.6 Å². The molecule has 5 atom stereocenters. The van der Waals surface area contributed by atoms with Gasteiger partial charge >= 0.3 is 5.97 Å². The number of allylic oxidation sites excluding steroid dienone is 2. The van der Waals surface area contributed by atoms with E-state index >= 15 is 0 Å². The van der Waals surface area contributed by atoms with E-state index in [0.29, 0.717) is 21.6 Å². The fourth-order valence-electron chi connectivity index (χ4n) is 5.35. The van der Waals surface area contributed by atoms with Gasteiger partial charge in [0, 0.05) is 9.65 Å². The van der Waals surface area contributed by atoms with Crippen LogP contribution in [0.2, 0.25) is 0 Å². The number of hydrogen-bond acceptors (Lipinski definition) is 3. The average molecular weight is 582 g/mol. The molecular weight excluding hydrogens is 544 g/mol. The number of carbonyl (C=O) groups excluding carboxylic acids is 1. The largest absolute Gasteiger partial charge is 0.508 e. The molecule has 0 fully saturated rings. The molecule has 0 saturated carbocycles. The maximum atomic E-state index is 13.1. The normalized spacial score (nSPS) is 33.1. The number of halogens is 2. The Balaban J connectivity index is 2.06. The molecule has 0 spiro atoms. The SMILES string of the molecule is C=C(C)[C@@H]1CCC(C)(C)[C@H](Br)CC[C@@]2(C)[C@H](Cc3cc(ccc3O)C(=O)O1)C(C)=CC[C@@H]2Br. The molecule has 0 aromatic heterocycles. The van der Waals surface area contributed by atoms with E-state index in [0.717, 1.165) is 43.2 Å². The molecule has 1 heterocycles. The summed E-state index contributed by atoms with van der Waals surface area (Å²) in [6, 6.07) is 5.10. The van der Waals surface area contributed by atoms with Crippen molar-refractivity contribution in [2.75, 3.05) is 0 Å². The smallest absolute Gasteiger partial charge is 0.338 e. The maximum absolute atomic E-state index is 13.1. The Morgan fingerprint density at radius 1 is 1.15 bits per heavy atom. The molecule has 33 heavy (non-hydrogen) atoms. The number of hydrogen-bond donors (Lipinski definition) is 1. The lowest BCUT2D eigenvalue weighted by Gasteiger charge is -2.46. The third-order valence-corrected chi connectivity index (χ3v) is 11.2. The summed E-state index contributed by atoms with van der Waals surface area (Å²) < 4.78 is 5.91. The zero-order valence-electron chi connectivity index (χ0n) is 20.6. The second kappa shape index (κ2) is 10.3. The van der Waals surface area contributed by atoms with E-state index < -0.39 is 0 Å². The van der Waals surface area contributed by atoms with Gasteiger partial charge in [-0.3, -0.25) is 0 Å². The average Bonchev–Trinajstić information content (AvgIpc) is 2.75. The minimum absolute atomic E-state index is 0.0320. The first kappa shape index (κ1) is 26.5. The molecule has 2 bridgehead atoms. The summed E-state index contributed by atoms with van der Waals surface area (Å²) in [7, 11) is 0. The van der Waals surface area contributed by atoms with Crippen LogP contribution in [0.3, 0.4) is 0 Å². The van der Waals surface area contributed by atoms with E-state index in [2.05, 4.69) is 72.2 Å². The molecule has 1 aromatic carbocycles. The van der Waals surface area contributed by atoms with E-state index in [-0.39, 0.29) is 34.6 Å². The number of phenols is 1. The molecule has 182 valence electrons. The molecule has 5 heteroatoms. The summed E-state index contributed by atoms with van der Waals surface area (Å²) in [5.74, 6) is 0.145. The number of alkyl halides is 2. The zero-order valence-corrected chi connectivity index (χ0v) is 23.8. The van der Waals surface area contributed by atoms with Crippen molar-refractivity contribution in [2.45, 2.75) is 88.9 Å². The number of cyclic esters (lactones) is 1. The van der Waals surface area contributed by atoms with Gasteiger partial charge in [0.15, 0.2) is 0 Å². The molecule has 1 N–H and O–H groups in total. The molecule has 0 saturated heterocycles. The highest BCUT2D eigenvalue weighted by Crippen LogP contribution is 2.51. The highest BCUT2D eigenvalue weighted by Gasteiger charge is 2.44. The van der Waals surface area contributed by atoms with Crippen LogP contribution in [0.5, 0.6) is 5.75 Å². The van der Waals surface area contributed by atoms with Gasteiger partial charge in [-0.05, 0) is 98.5 Å². The summed E-state index contributed by atoms with van der Waals surface area (Å²) in [4.78, 5) is 13.8. The second-order valence-electron chi connectivity index (χ2n) is 11.0. The number of phenolic OH excluding ortho intramolecular Hbond substituents is 1. The quantitative estimate of drug-likeness (QED) is 0.207. The molecule has 0 radical (unpaired) electrons. The van der Waals surface area contributed by atoms with Gasteiger partial charge in [-0.1, -0.05) is 70.9 Å². The van der Waals surface area contributed by atoms with Crippen molar-refractivity contribution in [3.63, 3.8) is 0 Å². The van der Waals surface area contributed by atoms with Crippen molar-refractivity contribution in [1.82, 2.24) is 0 Å². The fourth-order valence-corrected chi connectivity index (χ4v) is 6.54. The molecule has 1 aliphatic carbocycles. The summed E-state index contributed by atoms with van der Waals surface area (Å²) in [6.45, 7) is 15.2. The van der Waals surface area contributed by atoms with Crippen molar-refractivity contribution in [1.29, 1.82) is 0 Å². The van der Waals surface area contributed by atoms with Crippen LogP contribution in [-0.2, 0) is 11.2 Å². The van der Waals surface area contributed by atoms with Crippen LogP contribution in [0.25, 0.3) is 0 Å². The lowest BCUT2D eigenvalue weighted by Crippen LogP contribution is -2.41. The standard InChI is InChI=1S/C28H38Br2O3/c1-17(2)23-11-13-27(4,5)24(29)12-14-28(6)21(18(3)7-10-25(28)30)16-20-15-19(26(32)33-23)8-9-22(20)31/h7-9,15,21,23-25,31H,1,10-14,16H2,2-6H3/t21-,23+,24-,25+,28+/m1/s1. The Hall–Kier alpha value is -1.07. The minimum Gasteiger partial charge on any atom is -0.508 e. The number of carbonyl (C=O) groups is 1. The maximum Gasteiger partial charge on any atom is 0.338 e. The lowest BCUT2D eigenvalue weighted by molar-refractivity contribution is 0.0333. The van der Waals surface area contributed by atoms with E-state index in [1.807, 2.05) is 13.0 Å². The Bertz CT molecular complexity index is 935. The van der Waals surface area contributed by atoms with Crippen LogP contribution >= 0.6 is 31.9 Å². The first-order chi connectivity index (χ1) is 15.3. The third kappa shape index (κ3) is 5.78. The minimum atomic E-state index is -0.357. The number of benzene rings is 1. The zero-order chi connectivity index (χ0) is 24.6. The van der Waals surface area contributed by atoms with Crippen molar-refractivity contribution in [2.24, 2.45) is 16.7 Å². The molecule has 0 unspecified atom stereocenters. The predicted molar refractivity (Wildman–Crippen MR) is 143 cm³/mol. The predicted octanol–water partition coefficient (Wildman–Crippen LogP) is 8.14. The van der Waals surface area contributed by atoms with Crippen LogP contribution in [-0.4, -0.2) is 26.8 Å². The first-order valence-electron chi connectivity index (χ1n) is 12.0.